The molecule has 0 aliphatic carbocycles. The Kier molecular flexibility index (Phi) is 5.45. The van der Waals surface area contributed by atoms with Gasteiger partial charge in [0.2, 0.25) is 0 Å². The van der Waals surface area contributed by atoms with E-state index in [2.05, 4.69) is 170 Å². The minimum absolute atomic E-state index is 0.905. The molecule has 0 amide bonds. The van der Waals surface area contributed by atoms with Gasteiger partial charge in [-0.05, 0) is 118 Å². The molecule has 1 nitrogen and oxygen atoms in total. The molecule has 0 saturated carbocycles. The van der Waals surface area contributed by atoms with Crippen molar-refractivity contribution in [1.29, 1.82) is 0 Å². The molecular formula is C48H28O. The summed E-state index contributed by atoms with van der Waals surface area (Å²) in [6.45, 7) is 0. The minimum atomic E-state index is 0.905. The van der Waals surface area contributed by atoms with E-state index in [-0.39, 0.29) is 0 Å². The van der Waals surface area contributed by atoms with Gasteiger partial charge in [0.25, 0.3) is 0 Å². The molecule has 0 fully saturated rings. The Morgan fingerprint density at radius 3 is 1.61 bits per heavy atom. The summed E-state index contributed by atoms with van der Waals surface area (Å²) in [5.41, 5.74) is 8.97. The first-order chi connectivity index (χ1) is 24.2. The molecule has 226 valence electrons. The highest BCUT2D eigenvalue weighted by atomic mass is 16.3. The normalized spacial score (nSPS) is 12.1. The van der Waals surface area contributed by atoms with Crippen LogP contribution in [0.2, 0.25) is 0 Å². The molecule has 1 heteroatoms. The lowest BCUT2D eigenvalue weighted by molar-refractivity contribution is 0.669. The first-order valence-corrected chi connectivity index (χ1v) is 16.9. The molecule has 49 heavy (non-hydrogen) atoms. The van der Waals surface area contributed by atoms with Crippen LogP contribution in [-0.2, 0) is 0 Å². The van der Waals surface area contributed by atoms with Crippen LogP contribution in [0.1, 0.15) is 0 Å². The van der Waals surface area contributed by atoms with Crippen LogP contribution in [0.25, 0.3) is 109 Å². The molecule has 0 bridgehead atoms. The summed E-state index contributed by atoms with van der Waals surface area (Å²) in [7, 11) is 0. The van der Waals surface area contributed by atoms with Crippen molar-refractivity contribution >= 4 is 75.8 Å². The SMILES string of the molecule is c1ccc2cc(-c3ccc(-c4cc(-c5ccc6ccc7cccc8ccc5c6c78)c5c(c4)oc4cc6ccccc6cc45)cc3)ccc2c1. The number of furan rings is 1. The van der Waals surface area contributed by atoms with Crippen LogP contribution in [0, 0.1) is 0 Å². The Bertz CT molecular complexity index is 3070. The zero-order chi connectivity index (χ0) is 32.1. The predicted molar refractivity (Wildman–Crippen MR) is 209 cm³/mol. The van der Waals surface area contributed by atoms with E-state index in [0.717, 1.165) is 33.1 Å². The van der Waals surface area contributed by atoms with Crippen LogP contribution in [0.15, 0.2) is 174 Å². The molecule has 0 spiro atoms. The summed E-state index contributed by atoms with van der Waals surface area (Å²) < 4.78 is 6.74. The summed E-state index contributed by atoms with van der Waals surface area (Å²) in [6, 6.07) is 62.2. The molecule has 0 aliphatic heterocycles. The second-order valence-corrected chi connectivity index (χ2v) is 13.3. The van der Waals surface area contributed by atoms with Gasteiger partial charge in [0.15, 0.2) is 0 Å². The topological polar surface area (TPSA) is 13.1 Å². The summed E-state index contributed by atoms with van der Waals surface area (Å²) >= 11 is 0. The van der Waals surface area contributed by atoms with Crippen molar-refractivity contribution in [2.75, 3.05) is 0 Å². The number of fused-ring (bicyclic) bond motifs is 5. The van der Waals surface area contributed by atoms with E-state index >= 15 is 0 Å². The zero-order valence-corrected chi connectivity index (χ0v) is 26.6. The Labute approximate surface area is 282 Å². The van der Waals surface area contributed by atoms with Gasteiger partial charge in [-0.25, -0.2) is 0 Å². The second-order valence-electron chi connectivity index (χ2n) is 13.3. The highest BCUT2D eigenvalue weighted by Crippen LogP contribution is 2.45. The molecule has 1 aromatic heterocycles. The summed E-state index contributed by atoms with van der Waals surface area (Å²) in [5, 5.41) is 15.0. The molecule has 10 aromatic carbocycles. The lowest BCUT2D eigenvalue weighted by Crippen LogP contribution is -1.89. The Hall–Kier alpha value is -6.44. The van der Waals surface area contributed by atoms with Gasteiger partial charge in [-0.2, -0.15) is 0 Å². The number of hydrogen-bond acceptors (Lipinski definition) is 1. The smallest absolute Gasteiger partial charge is 0.136 e. The fourth-order valence-corrected chi connectivity index (χ4v) is 8.16. The van der Waals surface area contributed by atoms with Crippen LogP contribution in [-0.4, -0.2) is 0 Å². The third-order valence-corrected chi connectivity index (χ3v) is 10.6. The van der Waals surface area contributed by atoms with Crippen LogP contribution in [0.3, 0.4) is 0 Å². The molecule has 11 rings (SSSR count). The highest BCUT2D eigenvalue weighted by molar-refractivity contribution is 6.27. The molecule has 0 aliphatic rings. The third kappa shape index (κ3) is 4.00. The van der Waals surface area contributed by atoms with E-state index in [4.69, 9.17) is 4.42 Å². The lowest BCUT2D eigenvalue weighted by Gasteiger charge is -2.16. The van der Waals surface area contributed by atoms with Gasteiger partial charge in [0, 0.05) is 10.8 Å². The van der Waals surface area contributed by atoms with Crippen molar-refractivity contribution < 1.29 is 4.42 Å². The van der Waals surface area contributed by atoms with E-state index in [0.29, 0.717) is 0 Å². The molecule has 1 heterocycles. The monoisotopic (exact) mass is 620 g/mol. The van der Waals surface area contributed by atoms with Crippen molar-refractivity contribution in [2.45, 2.75) is 0 Å². The summed E-state index contributed by atoms with van der Waals surface area (Å²) in [6.07, 6.45) is 0. The maximum absolute atomic E-state index is 6.74. The number of hydrogen-bond donors (Lipinski definition) is 0. The Morgan fingerprint density at radius 1 is 0.265 bits per heavy atom. The lowest BCUT2D eigenvalue weighted by atomic mass is 9.87. The van der Waals surface area contributed by atoms with Crippen molar-refractivity contribution in [2.24, 2.45) is 0 Å². The number of benzene rings is 10. The molecule has 0 N–H and O–H groups in total. The summed E-state index contributed by atoms with van der Waals surface area (Å²) in [5.74, 6) is 0. The zero-order valence-electron chi connectivity index (χ0n) is 26.6. The van der Waals surface area contributed by atoms with Crippen molar-refractivity contribution in [3.63, 3.8) is 0 Å². The van der Waals surface area contributed by atoms with E-state index < -0.39 is 0 Å². The van der Waals surface area contributed by atoms with E-state index in [1.807, 2.05) is 0 Å². The highest BCUT2D eigenvalue weighted by Gasteiger charge is 2.19. The van der Waals surface area contributed by atoms with E-state index in [9.17, 15) is 0 Å². The maximum atomic E-state index is 6.74. The minimum Gasteiger partial charge on any atom is -0.456 e. The molecule has 0 saturated heterocycles. The molecule has 0 unspecified atom stereocenters. The van der Waals surface area contributed by atoms with Crippen LogP contribution in [0.4, 0.5) is 0 Å². The fraction of sp³-hybridized carbons (Fsp3) is 0. The molecule has 11 aromatic rings. The van der Waals surface area contributed by atoms with Crippen LogP contribution >= 0.6 is 0 Å². The van der Waals surface area contributed by atoms with Crippen molar-refractivity contribution in [3.05, 3.63) is 170 Å². The average Bonchev–Trinajstić information content (AvgIpc) is 3.52. The maximum Gasteiger partial charge on any atom is 0.136 e. The number of rotatable bonds is 3. The molecular weight excluding hydrogens is 593 g/mol. The predicted octanol–water partition coefficient (Wildman–Crippen LogP) is 13.8. The first-order valence-electron chi connectivity index (χ1n) is 16.9. The third-order valence-electron chi connectivity index (χ3n) is 10.6. The van der Waals surface area contributed by atoms with Gasteiger partial charge in [-0.15, -0.1) is 0 Å². The standard InChI is InChI=1S/C48H28O/c1-2-7-35-24-38(19-16-29(35)6-1)30-12-14-31(15-13-30)39-26-42(48-43-25-36-8-3-4-9-37(36)27-44(43)49-45(48)28-39)40-22-20-34-18-17-32-10-5-11-33-21-23-41(40)47(34)46(32)33/h1-28H. The van der Waals surface area contributed by atoms with Gasteiger partial charge in [0.05, 0.1) is 0 Å². The van der Waals surface area contributed by atoms with Crippen molar-refractivity contribution in [3.8, 4) is 33.4 Å². The first kappa shape index (κ1) is 26.6. The second kappa shape index (κ2) is 10.0. The van der Waals surface area contributed by atoms with Gasteiger partial charge >= 0.3 is 0 Å². The van der Waals surface area contributed by atoms with Crippen LogP contribution < -0.4 is 0 Å². The molecule has 0 atom stereocenters. The molecule has 0 radical (unpaired) electrons. The fourth-order valence-electron chi connectivity index (χ4n) is 8.16. The van der Waals surface area contributed by atoms with Gasteiger partial charge in [-0.3, -0.25) is 0 Å². The Balaban J connectivity index is 1.16. The van der Waals surface area contributed by atoms with Crippen molar-refractivity contribution in [1.82, 2.24) is 0 Å². The van der Waals surface area contributed by atoms with Gasteiger partial charge in [0.1, 0.15) is 11.2 Å². The Morgan fingerprint density at radius 2 is 0.837 bits per heavy atom. The summed E-state index contributed by atoms with van der Waals surface area (Å²) in [4.78, 5) is 0. The largest absolute Gasteiger partial charge is 0.456 e. The van der Waals surface area contributed by atoms with Gasteiger partial charge in [-0.1, -0.05) is 140 Å². The van der Waals surface area contributed by atoms with Crippen LogP contribution in [0.5, 0.6) is 0 Å². The quantitative estimate of drug-likeness (QED) is 0.179. The van der Waals surface area contributed by atoms with E-state index in [1.165, 1.54) is 76.1 Å². The average molecular weight is 621 g/mol. The van der Waals surface area contributed by atoms with E-state index in [1.54, 1.807) is 0 Å². The van der Waals surface area contributed by atoms with Gasteiger partial charge < -0.3 is 4.42 Å².